The number of ether oxygens (including phenoxy) is 1. The fraction of sp³-hybridized carbons (Fsp3) is 0.333. The average molecular weight is 474 g/mol. The topological polar surface area (TPSA) is 105 Å². The minimum Gasteiger partial charge on any atom is -0.454 e. The smallest absolute Gasteiger partial charge is 0.242 e. The number of nitrogens with zero attached hydrogens (tertiary/aromatic N) is 2. The highest BCUT2D eigenvalue weighted by Gasteiger charge is 2.30. The molecule has 0 radical (unpaired) electrons. The van der Waals surface area contributed by atoms with Crippen LogP contribution in [0.1, 0.15) is 37.7 Å². The highest BCUT2D eigenvalue weighted by atomic mass is 16.5. The highest BCUT2D eigenvalue weighted by Crippen LogP contribution is 2.27. The number of benzene rings is 2. The monoisotopic (exact) mass is 473 g/mol. The van der Waals surface area contributed by atoms with E-state index in [2.05, 4.69) is 25.9 Å². The largest absolute Gasteiger partial charge is 0.454 e. The predicted octanol–water partition coefficient (Wildman–Crippen LogP) is 4.37. The number of para-hydroxylation sites is 1. The molecule has 2 amide bonds. The van der Waals surface area contributed by atoms with Gasteiger partial charge in [-0.15, -0.1) is 0 Å². The quantitative estimate of drug-likeness (QED) is 0.426. The number of carbonyl (C=O) groups excluding carboxylic acids is 2. The van der Waals surface area contributed by atoms with Gasteiger partial charge in [-0.2, -0.15) is 0 Å². The number of nitrogens with one attached hydrogen (secondary N) is 3. The minimum absolute atomic E-state index is 0.132. The van der Waals surface area contributed by atoms with Crippen LogP contribution >= 0.6 is 0 Å². The van der Waals surface area contributed by atoms with Crippen LogP contribution in [0.25, 0.3) is 0 Å². The molecule has 1 heterocycles. The number of aromatic nitrogens is 2. The van der Waals surface area contributed by atoms with Crippen molar-refractivity contribution < 1.29 is 14.3 Å². The van der Waals surface area contributed by atoms with Crippen LogP contribution in [-0.2, 0) is 16.0 Å². The van der Waals surface area contributed by atoms with Gasteiger partial charge < -0.3 is 20.7 Å². The molecule has 4 rings (SSSR count). The van der Waals surface area contributed by atoms with Crippen molar-refractivity contribution in [3.05, 3.63) is 72.6 Å². The van der Waals surface area contributed by atoms with Gasteiger partial charge in [0.15, 0.2) is 5.75 Å². The average Bonchev–Trinajstić information content (AvgIpc) is 2.89. The zero-order chi connectivity index (χ0) is 24.5. The second-order valence-corrected chi connectivity index (χ2v) is 8.72. The first-order valence-electron chi connectivity index (χ1n) is 12.0. The Balaban J connectivity index is 1.35. The van der Waals surface area contributed by atoms with Gasteiger partial charge in [-0.1, -0.05) is 49.6 Å². The fourth-order valence-corrected chi connectivity index (χ4v) is 4.37. The molecule has 0 bridgehead atoms. The van der Waals surface area contributed by atoms with Crippen LogP contribution in [0.15, 0.2) is 67.0 Å². The molecule has 35 heavy (non-hydrogen) atoms. The lowest BCUT2D eigenvalue weighted by Crippen LogP contribution is -2.51. The first kappa shape index (κ1) is 24.2. The molecule has 1 atom stereocenters. The van der Waals surface area contributed by atoms with Crippen molar-refractivity contribution >= 4 is 23.5 Å². The lowest BCUT2D eigenvalue weighted by molar-refractivity contribution is -0.130. The van der Waals surface area contributed by atoms with E-state index in [-0.39, 0.29) is 24.2 Å². The van der Waals surface area contributed by atoms with Crippen molar-refractivity contribution in [2.45, 2.75) is 44.6 Å². The summed E-state index contributed by atoms with van der Waals surface area (Å²) < 4.78 is 5.89. The Kier molecular flexibility index (Phi) is 8.27. The number of rotatable bonds is 9. The molecule has 3 aromatic rings. The summed E-state index contributed by atoms with van der Waals surface area (Å²) >= 11 is 0. The summed E-state index contributed by atoms with van der Waals surface area (Å²) in [4.78, 5) is 33.8. The van der Waals surface area contributed by atoms with Gasteiger partial charge in [0, 0.05) is 12.7 Å². The molecule has 0 saturated heterocycles. The number of anilines is 2. The molecular weight excluding hydrogens is 442 g/mol. The SMILES string of the molecule is CNC(=O)[C@H](NC(=O)Cc1cccc(Oc2cnc(Nc3ccccc3)nc2)c1)C1CCCCC1. The van der Waals surface area contributed by atoms with Gasteiger partial charge in [-0.05, 0) is 48.6 Å². The summed E-state index contributed by atoms with van der Waals surface area (Å²) in [6.45, 7) is 0. The minimum atomic E-state index is -0.493. The third-order valence-electron chi connectivity index (χ3n) is 6.12. The van der Waals surface area contributed by atoms with Crippen LogP contribution < -0.4 is 20.7 Å². The van der Waals surface area contributed by atoms with Crippen LogP contribution in [0.5, 0.6) is 11.5 Å². The molecule has 1 saturated carbocycles. The number of hydrogen-bond donors (Lipinski definition) is 3. The van der Waals surface area contributed by atoms with Crippen molar-refractivity contribution in [1.29, 1.82) is 0 Å². The highest BCUT2D eigenvalue weighted by molar-refractivity contribution is 5.88. The van der Waals surface area contributed by atoms with Gasteiger partial charge in [0.2, 0.25) is 17.8 Å². The summed E-state index contributed by atoms with van der Waals surface area (Å²) in [6.07, 6.45) is 8.65. The molecule has 1 aliphatic rings. The zero-order valence-electron chi connectivity index (χ0n) is 19.9. The van der Waals surface area contributed by atoms with Gasteiger partial charge in [0.25, 0.3) is 0 Å². The molecule has 0 spiro atoms. The van der Waals surface area contributed by atoms with Crippen molar-refractivity contribution in [1.82, 2.24) is 20.6 Å². The van der Waals surface area contributed by atoms with E-state index in [1.165, 1.54) is 6.42 Å². The third-order valence-corrected chi connectivity index (χ3v) is 6.12. The molecule has 3 N–H and O–H groups in total. The Hall–Kier alpha value is -3.94. The van der Waals surface area contributed by atoms with E-state index >= 15 is 0 Å². The molecule has 8 nitrogen and oxygen atoms in total. The Morgan fingerprint density at radius 1 is 0.971 bits per heavy atom. The molecule has 1 aliphatic carbocycles. The number of likely N-dealkylation sites (N-methyl/N-ethyl adjacent to an activating group) is 1. The second kappa shape index (κ2) is 12.0. The third kappa shape index (κ3) is 7.02. The maximum atomic E-state index is 12.8. The van der Waals surface area contributed by atoms with Gasteiger partial charge in [-0.25, -0.2) is 9.97 Å². The molecule has 8 heteroatoms. The standard InChI is InChI=1S/C27H31N5O3/c1-28-26(34)25(20-10-4-2-5-11-20)32-24(33)16-19-9-8-14-22(15-19)35-23-17-29-27(30-18-23)31-21-12-6-3-7-13-21/h3,6-9,12-15,17-18,20,25H,2,4-5,10-11,16H2,1H3,(H,28,34)(H,32,33)(H,29,30,31)/t25-/m1/s1. The molecule has 1 fully saturated rings. The lowest BCUT2D eigenvalue weighted by Gasteiger charge is -2.29. The molecule has 0 unspecified atom stereocenters. The molecular formula is C27H31N5O3. The van der Waals surface area contributed by atoms with Crippen LogP contribution in [0.2, 0.25) is 0 Å². The van der Waals surface area contributed by atoms with E-state index in [4.69, 9.17) is 4.74 Å². The van der Waals surface area contributed by atoms with Crippen molar-refractivity contribution in [2.24, 2.45) is 5.92 Å². The number of hydrogen-bond acceptors (Lipinski definition) is 6. The first-order valence-corrected chi connectivity index (χ1v) is 12.0. The van der Waals surface area contributed by atoms with Crippen LogP contribution in [0.4, 0.5) is 11.6 Å². The maximum absolute atomic E-state index is 12.8. The van der Waals surface area contributed by atoms with Gasteiger partial charge in [0.05, 0.1) is 18.8 Å². The van der Waals surface area contributed by atoms with Crippen LogP contribution in [0.3, 0.4) is 0 Å². The van der Waals surface area contributed by atoms with Crippen molar-refractivity contribution in [3.8, 4) is 11.5 Å². The fourth-order valence-electron chi connectivity index (χ4n) is 4.37. The van der Waals surface area contributed by atoms with E-state index in [9.17, 15) is 9.59 Å². The van der Waals surface area contributed by atoms with Crippen LogP contribution in [0, 0.1) is 5.92 Å². The normalized spacial score (nSPS) is 14.5. The van der Waals surface area contributed by atoms with Crippen molar-refractivity contribution in [2.75, 3.05) is 12.4 Å². The van der Waals surface area contributed by atoms with E-state index in [1.54, 1.807) is 19.4 Å². The Morgan fingerprint density at radius 3 is 2.43 bits per heavy atom. The summed E-state index contributed by atoms with van der Waals surface area (Å²) in [5, 5.41) is 8.78. The molecule has 1 aromatic heterocycles. The summed E-state index contributed by atoms with van der Waals surface area (Å²) in [6, 6.07) is 16.5. The van der Waals surface area contributed by atoms with Gasteiger partial charge in [0.1, 0.15) is 11.8 Å². The van der Waals surface area contributed by atoms with E-state index in [1.807, 2.05) is 54.6 Å². The number of carbonyl (C=O) groups is 2. The molecule has 0 aliphatic heterocycles. The predicted molar refractivity (Wildman–Crippen MR) is 135 cm³/mol. The zero-order valence-corrected chi connectivity index (χ0v) is 19.9. The Bertz CT molecular complexity index is 1120. The van der Waals surface area contributed by atoms with E-state index in [0.29, 0.717) is 17.4 Å². The van der Waals surface area contributed by atoms with E-state index < -0.39 is 6.04 Å². The number of amides is 2. The molecule has 2 aromatic carbocycles. The first-order chi connectivity index (χ1) is 17.1. The Morgan fingerprint density at radius 2 is 1.71 bits per heavy atom. The van der Waals surface area contributed by atoms with E-state index in [0.717, 1.165) is 36.9 Å². The Labute approximate surface area is 205 Å². The van der Waals surface area contributed by atoms with Crippen molar-refractivity contribution in [3.63, 3.8) is 0 Å². The summed E-state index contributed by atoms with van der Waals surface area (Å²) in [7, 11) is 1.61. The summed E-state index contributed by atoms with van der Waals surface area (Å²) in [5.41, 5.74) is 1.69. The summed E-state index contributed by atoms with van der Waals surface area (Å²) in [5.74, 6) is 1.41. The maximum Gasteiger partial charge on any atom is 0.242 e. The van der Waals surface area contributed by atoms with Gasteiger partial charge >= 0.3 is 0 Å². The molecule has 182 valence electrons. The van der Waals surface area contributed by atoms with Crippen LogP contribution in [-0.4, -0.2) is 34.9 Å². The van der Waals surface area contributed by atoms with Gasteiger partial charge in [-0.3, -0.25) is 9.59 Å². The second-order valence-electron chi connectivity index (χ2n) is 8.72. The lowest BCUT2D eigenvalue weighted by atomic mass is 9.83.